The molecule has 1 unspecified atom stereocenters. The molecule has 1 N–H and O–H groups in total. The van der Waals surface area contributed by atoms with Crippen molar-refractivity contribution in [2.24, 2.45) is 5.92 Å². The summed E-state index contributed by atoms with van der Waals surface area (Å²) in [5.41, 5.74) is 0.762. The normalized spacial score (nSPS) is 11.9. The van der Waals surface area contributed by atoms with Crippen molar-refractivity contribution in [2.45, 2.75) is 59.8 Å². The summed E-state index contributed by atoms with van der Waals surface area (Å²) in [5, 5.41) is 9.91. The van der Waals surface area contributed by atoms with Crippen molar-refractivity contribution in [2.75, 3.05) is 19.8 Å². The Bertz CT molecular complexity index is 565. The second-order valence-corrected chi connectivity index (χ2v) is 7.62. The van der Waals surface area contributed by atoms with Gasteiger partial charge in [0.15, 0.2) is 0 Å². The number of para-hydroxylation sites is 1. The maximum Gasteiger partial charge on any atom is 0.697 e. The number of carbonyl (C=O) groups excluding carboxylic acids is 1. The molecule has 0 amide bonds. The molecule has 0 radical (unpaired) electrons. The Morgan fingerprint density at radius 1 is 1.11 bits per heavy atom. The molecule has 1 rings (SSSR count). The van der Waals surface area contributed by atoms with E-state index in [0.29, 0.717) is 25.6 Å². The first-order valence-electron chi connectivity index (χ1n) is 9.37. The SMILES string of the molecule is CCOC(=O)C(C)CCC(C)(C)c1ccccc1O.CCO[P+](=O)OCC. The number of phenols is 1. The van der Waals surface area contributed by atoms with Crippen molar-refractivity contribution >= 4 is 14.2 Å². The van der Waals surface area contributed by atoms with Crippen molar-refractivity contribution in [1.29, 1.82) is 0 Å². The number of rotatable bonds is 10. The minimum absolute atomic E-state index is 0.106. The van der Waals surface area contributed by atoms with Crippen molar-refractivity contribution in [3.63, 3.8) is 0 Å². The molecule has 0 aliphatic rings. The van der Waals surface area contributed by atoms with E-state index in [1.165, 1.54) is 0 Å². The Labute approximate surface area is 164 Å². The smallest absolute Gasteiger partial charge is 0.508 e. The second kappa shape index (κ2) is 13.6. The Balaban J connectivity index is 0.000000713. The predicted molar refractivity (Wildman–Crippen MR) is 107 cm³/mol. The van der Waals surface area contributed by atoms with Crippen LogP contribution in [0.4, 0.5) is 0 Å². The van der Waals surface area contributed by atoms with E-state index in [9.17, 15) is 14.5 Å². The molecule has 1 aromatic carbocycles. The fourth-order valence-corrected chi connectivity index (χ4v) is 2.90. The molecule has 1 atom stereocenters. The average molecular weight is 401 g/mol. The summed E-state index contributed by atoms with van der Waals surface area (Å²) in [6.07, 6.45) is 1.57. The van der Waals surface area contributed by atoms with E-state index in [2.05, 4.69) is 22.9 Å². The number of aromatic hydroxyl groups is 1. The molecule has 0 aromatic heterocycles. The first-order chi connectivity index (χ1) is 12.7. The van der Waals surface area contributed by atoms with Gasteiger partial charge in [0.05, 0.1) is 12.5 Å². The molecule has 154 valence electrons. The molecule has 0 saturated carbocycles. The van der Waals surface area contributed by atoms with Gasteiger partial charge in [-0.25, -0.2) is 0 Å². The first-order valence-corrected chi connectivity index (χ1v) is 10.5. The van der Waals surface area contributed by atoms with Gasteiger partial charge in [-0.05, 0) is 50.7 Å². The summed E-state index contributed by atoms with van der Waals surface area (Å²) in [5.74, 6) is 0.0666. The van der Waals surface area contributed by atoms with Crippen LogP contribution in [0.5, 0.6) is 5.75 Å². The van der Waals surface area contributed by atoms with Crippen molar-refractivity contribution in [3.05, 3.63) is 29.8 Å². The molecule has 0 heterocycles. The monoisotopic (exact) mass is 401 g/mol. The largest absolute Gasteiger partial charge is 0.697 e. The van der Waals surface area contributed by atoms with E-state index in [-0.39, 0.29) is 17.3 Å². The first kappa shape index (κ1) is 25.5. The molecule has 0 aliphatic carbocycles. The third-order valence-electron chi connectivity index (χ3n) is 3.99. The van der Waals surface area contributed by atoms with E-state index in [4.69, 9.17) is 4.74 Å². The molecule has 0 spiro atoms. The maximum absolute atomic E-state index is 11.6. The number of esters is 1. The van der Waals surface area contributed by atoms with Gasteiger partial charge in [-0.2, -0.15) is 0 Å². The molecule has 6 nitrogen and oxygen atoms in total. The van der Waals surface area contributed by atoms with Crippen LogP contribution >= 0.6 is 8.25 Å². The lowest BCUT2D eigenvalue weighted by molar-refractivity contribution is -0.147. The lowest BCUT2D eigenvalue weighted by Gasteiger charge is -2.27. The van der Waals surface area contributed by atoms with Gasteiger partial charge < -0.3 is 9.84 Å². The van der Waals surface area contributed by atoms with E-state index < -0.39 is 8.25 Å². The van der Waals surface area contributed by atoms with Gasteiger partial charge in [0.1, 0.15) is 19.0 Å². The van der Waals surface area contributed by atoms with Crippen LogP contribution in [0.2, 0.25) is 0 Å². The summed E-state index contributed by atoms with van der Waals surface area (Å²) >= 11 is 0. The van der Waals surface area contributed by atoms with Gasteiger partial charge >= 0.3 is 14.2 Å². The molecule has 0 bridgehead atoms. The Morgan fingerprint density at radius 3 is 2.15 bits per heavy atom. The number of ether oxygens (including phenoxy) is 1. The number of hydrogen-bond donors (Lipinski definition) is 1. The van der Waals surface area contributed by atoms with Gasteiger partial charge in [-0.3, -0.25) is 4.79 Å². The van der Waals surface area contributed by atoms with Crippen molar-refractivity contribution < 1.29 is 28.3 Å². The number of carbonyl (C=O) groups is 1. The van der Waals surface area contributed by atoms with Crippen LogP contribution in [0.25, 0.3) is 0 Å². The zero-order valence-electron chi connectivity index (χ0n) is 17.4. The number of phenolic OH excluding ortho intramolecular Hbond substituents is 1. The standard InChI is InChI=1S/C16H24O3.C4H10O3P/c1-5-19-15(18)12(2)10-11-16(3,4)13-8-6-7-9-14(13)17;1-3-6-8(5)7-4-2/h6-9,12,17H,5,10-11H2,1-4H3;3-4H2,1-2H3/q;+1. The highest BCUT2D eigenvalue weighted by Crippen LogP contribution is 2.35. The van der Waals surface area contributed by atoms with Crippen molar-refractivity contribution in [3.8, 4) is 5.75 Å². The molecule has 0 saturated heterocycles. The minimum atomic E-state index is -1.83. The van der Waals surface area contributed by atoms with Crippen LogP contribution in [0, 0.1) is 5.92 Å². The number of hydrogen-bond acceptors (Lipinski definition) is 6. The summed E-state index contributed by atoms with van der Waals surface area (Å²) in [7, 11) is -1.83. The molecule has 0 aliphatic heterocycles. The van der Waals surface area contributed by atoms with Gasteiger partial charge in [0, 0.05) is 4.57 Å². The fourth-order valence-electron chi connectivity index (χ4n) is 2.41. The fraction of sp³-hybridized carbons (Fsp3) is 0.650. The molecular formula is C20H34O6P+. The average Bonchev–Trinajstić information content (AvgIpc) is 2.61. The third-order valence-corrected chi connectivity index (χ3v) is 4.93. The highest BCUT2D eigenvalue weighted by atomic mass is 31.1. The number of benzene rings is 1. The van der Waals surface area contributed by atoms with Gasteiger partial charge in [-0.1, -0.05) is 39.0 Å². The molecule has 27 heavy (non-hydrogen) atoms. The van der Waals surface area contributed by atoms with E-state index >= 15 is 0 Å². The minimum Gasteiger partial charge on any atom is -0.508 e. The second-order valence-electron chi connectivity index (χ2n) is 6.65. The van der Waals surface area contributed by atoms with Gasteiger partial charge in [-0.15, -0.1) is 9.05 Å². The Morgan fingerprint density at radius 2 is 1.67 bits per heavy atom. The quantitative estimate of drug-likeness (QED) is 0.419. The van der Waals surface area contributed by atoms with E-state index in [1.54, 1.807) is 19.9 Å². The summed E-state index contributed by atoms with van der Waals surface area (Å²) in [4.78, 5) is 11.6. The van der Waals surface area contributed by atoms with Crippen LogP contribution < -0.4 is 0 Å². The predicted octanol–water partition coefficient (Wildman–Crippen LogP) is 5.37. The highest BCUT2D eigenvalue weighted by molar-refractivity contribution is 7.33. The Hall–Kier alpha value is -1.49. The maximum atomic E-state index is 11.6. The lowest BCUT2D eigenvalue weighted by Crippen LogP contribution is -2.21. The van der Waals surface area contributed by atoms with Crippen molar-refractivity contribution in [1.82, 2.24) is 0 Å². The third kappa shape index (κ3) is 10.4. The van der Waals surface area contributed by atoms with Crippen LogP contribution in [-0.4, -0.2) is 30.9 Å². The van der Waals surface area contributed by atoms with Crippen LogP contribution in [0.3, 0.4) is 0 Å². The topological polar surface area (TPSA) is 82.1 Å². The highest BCUT2D eigenvalue weighted by Gasteiger charge is 2.26. The van der Waals surface area contributed by atoms with E-state index in [0.717, 1.165) is 18.4 Å². The summed E-state index contributed by atoms with van der Waals surface area (Å²) in [6.45, 7) is 12.7. The van der Waals surface area contributed by atoms with Gasteiger partial charge in [0.2, 0.25) is 0 Å². The zero-order valence-corrected chi connectivity index (χ0v) is 18.3. The van der Waals surface area contributed by atoms with Gasteiger partial charge in [0.25, 0.3) is 0 Å². The molecule has 7 heteroatoms. The molecular weight excluding hydrogens is 367 g/mol. The summed E-state index contributed by atoms with van der Waals surface area (Å²) < 4.78 is 24.5. The van der Waals surface area contributed by atoms with Crippen LogP contribution in [0.1, 0.15) is 59.9 Å². The van der Waals surface area contributed by atoms with E-state index in [1.807, 2.05) is 32.0 Å². The Kier molecular flexibility index (Phi) is 12.9. The molecule has 1 aromatic rings. The zero-order chi connectivity index (χ0) is 20.9. The van der Waals surface area contributed by atoms with Crippen LogP contribution in [-0.2, 0) is 28.6 Å². The molecule has 0 fully saturated rings. The van der Waals surface area contributed by atoms with Crippen LogP contribution in [0.15, 0.2) is 24.3 Å². The summed E-state index contributed by atoms with van der Waals surface area (Å²) in [6, 6.07) is 7.37. The lowest BCUT2D eigenvalue weighted by atomic mass is 9.78.